The number of hydrogen-bond acceptors (Lipinski definition) is 3. The Morgan fingerprint density at radius 3 is 2.20 bits per heavy atom. The molecule has 0 aromatic heterocycles. The summed E-state index contributed by atoms with van der Waals surface area (Å²) >= 11 is 0. The molecule has 0 saturated carbocycles. The number of carbonyl (C=O) groups is 1. The van der Waals surface area contributed by atoms with Crippen LogP contribution in [0.5, 0.6) is 11.5 Å². The minimum atomic E-state index is -0.147. The Labute approximate surface area is 150 Å². The van der Waals surface area contributed by atoms with Crippen LogP contribution in [0.15, 0.2) is 36.4 Å². The standard InChI is InChI=1S/C21H27NO3/c1-13(2)17-12-18(14(3)11-20(17)25-6)15(4)22-21(23)16-9-7-8-10-19(16)24-5/h7-13,15H,1-6H3,(H,22,23). The summed E-state index contributed by atoms with van der Waals surface area (Å²) in [6.07, 6.45) is 0. The molecule has 4 heteroatoms. The van der Waals surface area contributed by atoms with E-state index in [0.717, 1.165) is 22.4 Å². The molecule has 0 saturated heterocycles. The number of amides is 1. The van der Waals surface area contributed by atoms with E-state index in [-0.39, 0.29) is 11.9 Å². The molecule has 1 amide bonds. The van der Waals surface area contributed by atoms with Gasteiger partial charge in [0.05, 0.1) is 25.8 Å². The van der Waals surface area contributed by atoms with Gasteiger partial charge in [0, 0.05) is 0 Å². The molecule has 0 radical (unpaired) electrons. The molecule has 2 rings (SSSR count). The lowest BCUT2D eigenvalue weighted by Gasteiger charge is -2.21. The van der Waals surface area contributed by atoms with Crippen molar-refractivity contribution >= 4 is 5.91 Å². The van der Waals surface area contributed by atoms with Crippen LogP contribution in [0.1, 0.15) is 59.8 Å². The van der Waals surface area contributed by atoms with E-state index in [2.05, 4.69) is 25.2 Å². The van der Waals surface area contributed by atoms with E-state index >= 15 is 0 Å². The van der Waals surface area contributed by atoms with Crippen LogP contribution in [0.25, 0.3) is 0 Å². The van der Waals surface area contributed by atoms with Gasteiger partial charge in [-0.15, -0.1) is 0 Å². The average Bonchev–Trinajstić information content (AvgIpc) is 2.60. The second kappa shape index (κ2) is 8.06. The van der Waals surface area contributed by atoms with Crippen LogP contribution in [-0.4, -0.2) is 20.1 Å². The maximum Gasteiger partial charge on any atom is 0.255 e. The highest BCUT2D eigenvalue weighted by molar-refractivity contribution is 5.97. The van der Waals surface area contributed by atoms with Crippen LogP contribution < -0.4 is 14.8 Å². The second-order valence-corrected chi connectivity index (χ2v) is 6.50. The van der Waals surface area contributed by atoms with Crippen LogP contribution >= 0.6 is 0 Å². The Kier molecular flexibility index (Phi) is 6.07. The Balaban J connectivity index is 2.30. The van der Waals surface area contributed by atoms with Gasteiger partial charge in [0.25, 0.3) is 5.91 Å². The number of benzene rings is 2. The summed E-state index contributed by atoms with van der Waals surface area (Å²) in [7, 11) is 3.26. The van der Waals surface area contributed by atoms with E-state index in [4.69, 9.17) is 9.47 Å². The third kappa shape index (κ3) is 4.13. The number of rotatable bonds is 6. The summed E-state index contributed by atoms with van der Waals surface area (Å²) in [5.41, 5.74) is 3.86. The molecule has 0 heterocycles. The van der Waals surface area contributed by atoms with Crippen molar-refractivity contribution in [2.24, 2.45) is 0 Å². The molecule has 2 aromatic carbocycles. The lowest BCUT2D eigenvalue weighted by atomic mass is 9.93. The second-order valence-electron chi connectivity index (χ2n) is 6.50. The Bertz CT molecular complexity index is 753. The number of nitrogens with one attached hydrogen (secondary N) is 1. The van der Waals surface area contributed by atoms with Crippen LogP contribution in [-0.2, 0) is 0 Å². The molecule has 0 spiro atoms. The summed E-state index contributed by atoms with van der Waals surface area (Å²) in [6, 6.07) is 11.3. The molecule has 1 N–H and O–H groups in total. The largest absolute Gasteiger partial charge is 0.496 e. The van der Waals surface area contributed by atoms with Crippen molar-refractivity contribution in [3.8, 4) is 11.5 Å². The highest BCUT2D eigenvalue weighted by atomic mass is 16.5. The molecule has 0 fully saturated rings. The van der Waals surface area contributed by atoms with Crippen LogP contribution in [0, 0.1) is 6.92 Å². The SMILES string of the molecule is COc1ccccc1C(=O)NC(C)c1cc(C(C)C)c(OC)cc1C. The number of hydrogen-bond donors (Lipinski definition) is 1. The summed E-state index contributed by atoms with van der Waals surface area (Å²) in [5, 5.41) is 3.07. The predicted molar refractivity (Wildman–Crippen MR) is 101 cm³/mol. The van der Waals surface area contributed by atoms with E-state index in [1.165, 1.54) is 0 Å². The van der Waals surface area contributed by atoms with Crippen LogP contribution in [0.4, 0.5) is 0 Å². The summed E-state index contributed by atoms with van der Waals surface area (Å²) < 4.78 is 10.8. The fourth-order valence-corrected chi connectivity index (χ4v) is 2.99. The normalized spacial score (nSPS) is 12.0. The zero-order chi connectivity index (χ0) is 18.6. The maximum absolute atomic E-state index is 12.6. The lowest BCUT2D eigenvalue weighted by molar-refractivity contribution is 0.0937. The van der Waals surface area contributed by atoms with Crippen molar-refractivity contribution in [3.05, 3.63) is 58.7 Å². The minimum absolute atomic E-state index is 0.124. The highest BCUT2D eigenvalue weighted by Gasteiger charge is 2.19. The van der Waals surface area contributed by atoms with Crippen LogP contribution in [0.2, 0.25) is 0 Å². The zero-order valence-electron chi connectivity index (χ0n) is 15.8. The van der Waals surface area contributed by atoms with Gasteiger partial charge < -0.3 is 14.8 Å². The topological polar surface area (TPSA) is 47.6 Å². The first-order valence-electron chi connectivity index (χ1n) is 8.51. The molecule has 1 unspecified atom stereocenters. The van der Waals surface area contributed by atoms with Crippen molar-refractivity contribution in [2.75, 3.05) is 14.2 Å². The monoisotopic (exact) mass is 341 g/mol. The first-order chi connectivity index (χ1) is 11.9. The van der Waals surface area contributed by atoms with Crippen molar-refractivity contribution in [3.63, 3.8) is 0 Å². The quantitative estimate of drug-likeness (QED) is 0.833. The smallest absolute Gasteiger partial charge is 0.255 e. The molecule has 0 aliphatic carbocycles. The van der Waals surface area contributed by atoms with Crippen LogP contribution in [0.3, 0.4) is 0 Å². The van der Waals surface area contributed by atoms with Gasteiger partial charge in [-0.2, -0.15) is 0 Å². The van der Waals surface area contributed by atoms with Crippen molar-refractivity contribution < 1.29 is 14.3 Å². The van der Waals surface area contributed by atoms with E-state index in [0.29, 0.717) is 17.2 Å². The van der Waals surface area contributed by atoms with E-state index in [1.54, 1.807) is 26.4 Å². The molecule has 0 aliphatic rings. The van der Waals surface area contributed by atoms with Gasteiger partial charge in [0.1, 0.15) is 11.5 Å². The maximum atomic E-state index is 12.6. The number of ether oxygens (including phenoxy) is 2. The molecular formula is C21H27NO3. The van der Waals surface area contributed by atoms with Gasteiger partial charge in [-0.05, 0) is 60.7 Å². The molecule has 0 aliphatic heterocycles. The van der Waals surface area contributed by atoms with Gasteiger partial charge in [0.2, 0.25) is 0 Å². The zero-order valence-corrected chi connectivity index (χ0v) is 15.8. The van der Waals surface area contributed by atoms with Crippen molar-refractivity contribution in [1.29, 1.82) is 0 Å². The average molecular weight is 341 g/mol. The Morgan fingerprint density at radius 2 is 1.60 bits per heavy atom. The van der Waals surface area contributed by atoms with Gasteiger partial charge in [-0.1, -0.05) is 26.0 Å². The Morgan fingerprint density at radius 1 is 0.960 bits per heavy atom. The molecule has 0 bridgehead atoms. The molecular weight excluding hydrogens is 314 g/mol. The first kappa shape index (κ1) is 18.8. The summed E-state index contributed by atoms with van der Waals surface area (Å²) in [6.45, 7) is 8.30. The number of para-hydroxylation sites is 1. The van der Waals surface area contributed by atoms with Gasteiger partial charge >= 0.3 is 0 Å². The highest BCUT2D eigenvalue weighted by Crippen LogP contribution is 2.32. The lowest BCUT2D eigenvalue weighted by Crippen LogP contribution is -2.27. The molecule has 134 valence electrons. The minimum Gasteiger partial charge on any atom is -0.496 e. The summed E-state index contributed by atoms with van der Waals surface area (Å²) in [5.74, 6) is 1.65. The number of carbonyl (C=O) groups excluding carboxylic acids is 1. The van der Waals surface area contributed by atoms with E-state index < -0.39 is 0 Å². The predicted octanol–water partition coefficient (Wildman–Crippen LogP) is 4.63. The summed E-state index contributed by atoms with van der Waals surface area (Å²) in [4.78, 5) is 12.6. The third-order valence-electron chi connectivity index (χ3n) is 4.41. The molecule has 25 heavy (non-hydrogen) atoms. The third-order valence-corrected chi connectivity index (χ3v) is 4.41. The first-order valence-corrected chi connectivity index (χ1v) is 8.51. The Hall–Kier alpha value is -2.49. The van der Waals surface area contributed by atoms with Crippen molar-refractivity contribution in [1.82, 2.24) is 5.32 Å². The van der Waals surface area contributed by atoms with E-state index in [9.17, 15) is 4.79 Å². The molecule has 2 aromatic rings. The van der Waals surface area contributed by atoms with E-state index in [1.807, 2.05) is 32.0 Å². The molecule has 1 atom stereocenters. The fourth-order valence-electron chi connectivity index (χ4n) is 2.99. The molecule has 4 nitrogen and oxygen atoms in total. The fraction of sp³-hybridized carbons (Fsp3) is 0.381. The number of methoxy groups -OCH3 is 2. The van der Waals surface area contributed by atoms with Crippen molar-refractivity contribution in [2.45, 2.75) is 39.7 Å². The number of aryl methyl sites for hydroxylation is 1. The van der Waals surface area contributed by atoms with Gasteiger partial charge in [0.15, 0.2) is 0 Å². The van der Waals surface area contributed by atoms with Gasteiger partial charge in [-0.25, -0.2) is 0 Å². The van der Waals surface area contributed by atoms with Gasteiger partial charge in [-0.3, -0.25) is 4.79 Å².